The van der Waals surface area contributed by atoms with Gasteiger partial charge in [0.15, 0.2) is 11.1 Å². The highest BCUT2D eigenvalue weighted by atomic mass is 35.5. The van der Waals surface area contributed by atoms with Crippen LogP contribution in [-0.4, -0.2) is 26.2 Å². The predicted molar refractivity (Wildman–Crippen MR) is 48.8 cm³/mol. The predicted octanol–water partition coefficient (Wildman–Crippen LogP) is 1.34. The number of anilines is 1. The van der Waals surface area contributed by atoms with Crippen LogP contribution < -0.4 is 10.2 Å². The van der Waals surface area contributed by atoms with E-state index < -0.39 is 0 Å². The Hall–Kier alpha value is -0.670. The molecule has 0 aliphatic carbocycles. The first-order chi connectivity index (χ1) is 5.86. The monoisotopic (exact) mass is 186 g/mol. The molecule has 0 atom stereocenters. The molecule has 12 heavy (non-hydrogen) atoms. The Morgan fingerprint density at radius 1 is 1.33 bits per heavy atom. The third-order valence-corrected chi connectivity index (χ3v) is 2.19. The van der Waals surface area contributed by atoms with Crippen LogP contribution in [0.1, 0.15) is 0 Å². The van der Waals surface area contributed by atoms with Crippen molar-refractivity contribution >= 4 is 17.5 Å². The van der Waals surface area contributed by atoms with Crippen molar-refractivity contribution < 1.29 is 4.42 Å². The van der Waals surface area contributed by atoms with E-state index in [-0.39, 0.29) is 0 Å². The molecule has 1 fully saturated rings. The number of halogens is 1. The Morgan fingerprint density at radius 2 is 2.08 bits per heavy atom. The number of piperazine rings is 1. The zero-order chi connectivity index (χ0) is 8.39. The van der Waals surface area contributed by atoms with Crippen molar-refractivity contribution in [3.8, 4) is 0 Å². The fourth-order valence-electron chi connectivity index (χ4n) is 1.36. The molecule has 1 aromatic heterocycles. The van der Waals surface area contributed by atoms with Crippen molar-refractivity contribution in [3.05, 3.63) is 17.4 Å². The van der Waals surface area contributed by atoms with E-state index in [4.69, 9.17) is 16.0 Å². The normalized spacial score (nSPS) is 18.2. The smallest absolute Gasteiger partial charge is 0.197 e. The van der Waals surface area contributed by atoms with Crippen molar-refractivity contribution in [2.24, 2.45) is 0 Å². The zero-order valence-corrected chi connectivity index (χ0v) is 7.47. The Bertz CT molecular complexity index is 255. The average Bonchev–Trinajstić information content (AvgIpc) is 2.54. The quantitative estimate of drug-likeness (QED) is 0.718. The number of hydrogen-bond acceptors (Lipinski definition) is 3. The minimum Gasteiger partial charge on any atom is -0.429 e. The molecule has 2 rings (SSSR count). The Kier molecular flexibility index (Phi) is 2.23. The van der Waals surface area contributed by atoms with Gasteiger partial charge in [-0.2, -0.15) is 0 Å². The van der Waals surface area contributed by atoms with E-state index in [0.717, 1.165) is 32.1 Å². The molecular weight excluding hydrogens is 176 g/mol. The molecule has 66 valence electrons. The van der Waals surface area contributed by atoms with Gasteiger partial charge in [0.25, 0.3) is 0 Å². The van der Waals surface area contributed by atoms with Crippen LogP contribution in [-0.2, 0) is 0 Å². The van der Waals surface area contributed by atoms with E-state index >= 15 is 0 Å². The maximum atomic E-state index is 5.67. The summed E-state index contributed by atoms with van der Waals surface area (Å²) in [7, 11) is 0. The fraction of sp³-hybridized carbons (Fsp3) is 0.500. The number of hydrogen-bond donors (Lipinski definition) is 1. The van der Waals surface area contributed by atoms with Crippen LogP contribution in [0, 0.1) is 0 Å². The van der Waals surface area contributed by atoms with E-state index in [1.807, 2.05) is 6.07 Å². The molecule has 0 aromatic carbocycles. The summed E-state index contributed by atoms with van der Waals surface area (Å²) >= 11 is 5.67. The lowest BCUT2D eigenvalue weighted by molar-refractivity contribution is 0.508. The highest BCUT2D eigenvalue weighted by Crippen LogP contribution is 2.21. The van der Waals surface area contributed by atoms with Gasteiger partial charge in [0.2, 0.25) is 0 Å². The molecule has 4 heteroatoms. The van der Waals surface area contributed by atoms with Crippen LogP contribution in [0.25, 0.3) is 0 Å². The van der Waals surface area contributed by atoms with E-state index in [2.05, 4.69) is 10.2 Å². The van der Waals surface area contributed by atoms with Crippen molar-refractivity contribution in [3.63, 3.8) is 0 Å². The van der Waals surface area contributed by atoms with E-state index in [1.54, 1.807) is 6.07 Å². The van der Waals surface area contributed by atoms with E-state index in [0.29, 0.717) is 5.22 Å². The molecule has 1 N–H and O–H groups in total. The molecule has 1 aliphatic rings. The minimum atomic E-state index is 0.462. The van der Waals surface area contributed by atoms with Gasteiger partial charge in [0, 0.05) is 32.2 Å². The van der Waals surface area contributed by atoms with E-state index in [9.17, 15) is 0 Å². The van der Waals surface area contributed by atoms with Crippen LogP contribution in [0.4, 0.5) is 5.88 Å². The molecule has 1 aromatic rings. The molecule has 0 saturated carbocycles. The number of nitrogens with zero attached hydrogens (tertiary/aromatic N) is 1. The summed E-state index contributed by atoms with van der Waals surface area (Å²) in [5, 5.41) is 3.74. The number of rotatable bonds is 1. The minimum absolute atomic E-state index is 0.462. The first-order valence-corrected chi connectivity index (χ1v) is 4.45. The van der Waals surface area contributed by atoms with Gasteiger partial charge in [0.05, 0.1) is 0 Å². The molecule has 0 bridgehead atoms. The zero-order valence-electron chi connectivity index (χ0n) is 6.72. The molecule has 0 amide bonds. The Labute approximate surface area is 76.3 Å². The van der Waals surface area contributed by atoms with Crippen molar-refractivity contribution in [2.45, 2.75) is 0 Å². The second-order valence-corrected chi connectivity index (χ2v) is 3.19. The fourth-order valence-corrected chi connectivity index (χ4v) is 1.50. The lowest BCUT2D eigenvalue weighted by Crippen LogP contribution is -2.43. The molecule has 0 unspecified atom stereocenters. The van der Waals surface area contributed by atoms with Gasteiger partial charge in [-0.05, 0) is 17.7 Å². The highest BCUT2D eigenvalue weighted by Gasteiger charge is 2.12. The molecule has 1 aliphatic heterocycles. The summed E-state index contributed by atoms with van der Waals surface area (Å²) in [6.07, 6.45) is 0. The van der Waals surface area contributed by atoms with Gasteiger partial charge >= 0.3 is 0 Å². The van der Waals surface area contributed by atoms with Gasteiger partial charge in [-0.15, -0.1) is 0 Å². The molecular formula is C8H11ClN2O. The first kappa shape index (κ1) is 7.95. The van der Waals surface area contributed by atoms with Gasteiger partial charge < -0.3 is 14.6 Å². The third kappa shape index (κ3) is 1.57. The van der Waals surface area contributed by atoms with Crippen LogP contribution in [0.3, 0.4) is 0 Å². The van der Waals surface area contributed by atoms with Crippen molar-refractivity contribution in [2.75, 3.05) is 31.1 Å². The second kappa shape index (κ2) is 3.37. The lowest BCUT2D eigenvalue weighted by atomic mass is 10.4. The highest BCUT2D eigenvalue weighted by molar-refractivity contribution is 6.28. The molecule has 0 spiro atoms. The van der Waals surface area contributed by atoms with Gasteiger partial charge in [0.1, 0.15) is 0 Å². The van der Waals surface area contributed by atoms with Crippen LogP contribution in [0.15, 0.2) is 16.5 Å². The van der Waals surface area contributed by atoms with Crippen molar-refractivity contribution in [1.29, 1.82) is 0 Å². The first-order valence-electron chi connectivity index (χ1n) is 4.07. The summed E-state index contributed by atoms with van der Waals surface area (Å²) in [5.74, 6) is 0.876. The molecule has 3 nitrogen and oxygen atoms in total. The largest absolute Gasteiger partial charge is 0.429 e. The van der Waals surface area contributed by atoms with Crippen LogP contribution in [0.5, 0.6) is 0 Å². The summed E-state index contributed by atoms with van der Waals surface area (Å²) in [6.45, 7) is 4.00. The average molecular weight is 187 g/mol. The van der Waals surface area contributed by atoms with Gasteiger partial charge in [-0.3, -0.25) is 0 Å². The van der Waals surface area contributed by atoms with Crippen LogP contribution >= 0.6 is 11.6 Å². The summed E-state index contributed by atoms with van der Waals surface area (Å²) in [6, 6.07) is 3.69. The van der Waals surface area contributed by atoms with Gasteiger partial charge in [-0.25, -0.2) is 0 Å². The second-order valence-electron chi connectivity index (χ2n) is 2.81. The van der Waals surface area contributed by atoms with E-state index in [1.165, 1.54) is 0 Å². The maximum absolute atomic E-state index is 5.67. The number of nitrogens with one attached hydrogen (secondary N) is 1. The molecule has 2 heterocycles. The molecule has 1 saturated heterocycles. The third-order valence-electron chi connectivity index (χ3n) is 1.99. The molecule has 0 radical (unpaired) electrons. The maximum Gasteiger partial charge on any atom is 0.197 e. The topological polar surface area (TPSA) is 28.4 Å². The van der Waals surface area contributed by atoms with Crippen LogP contribution in [0.2, 0.25) is 5.22 Å². The Balaban J connectivity index is 2.08. The lowest BCUT2D eigenvalue weighted by Gasteiger charge is -2.26. The summed E-state index contributed by atoms with van der Waals surface area (Å²) < 4.78 is 5.29. The van der Waals surface area contributed by atoms with Gasteiger partial charge in [-0.1, -0.05) is 0 Å². The number of furan rings is 1. The standard InChI is InChI=1S/C8H11ClN2O/c9-7-1-2-8(12-7)11-5-3-10-4-6-11/h1-2,10H,3-6H2. The van der Waals surface area contributed by atoms with Crippen molar-refractivity contribution in [1.82, 2.24) is 5.32 Å². The Morgan fingerprint density at radius 3 is 2.67 bits per heavy atom. The summed E-state index contributed by atoms with van der Waals surface area (Å²) in [5.41, 5.74) is 0. The SMILES string of the molecule is Clc1ccc(N2CCNCC2)o1. The summed E-state index contributed by atoms with van der Waals surface area (Å²) in [4.78, 5) is 2.18.